The standard InChI is InChI=1S/C19H17ClN2O2/c20-17-3-1-2-14(10-17)5-7-19(23)22-12-15-4-6-18(21-11-15)16-8-9-24-13-16/h1-4,6,8-11,13H,5,7,12H2,(H,22,23). The van der Waals surface area contributed by atoms with Gasteiger partial charge in [-0.2, -0.15) is 0 Å². The van der Waals surface area contributed by atoms with Crippen molar-refractivity contribution in [1.82, 2.24) is 10.3 Å². The lowest BCUT2D eigenvalue weighted by Gasteiger charge is -2.06. The summed E-state index contributed by atoms with van der Waals surface area (Å²) in [6.07, 6.45) is 6.13. The Bertz CT molecular complexity index is 798. The zero-order valence-corrected chi connectivity index (χ0v) is 13.8. The van der Waals surface area contributed by atoms with Crippen molar-refractivity contribution in [2.75, 3.05) is 0 Å². The quantitative estimate of drug-likeness (QED) is 0.730. The number of carbonyl (C=O) groups is 1. The Balaban J connectivity index is 1.47. The second kappa shape index (κ2) is 7.79. The lowest BCUT2D eigenvalue weighted by molar-refractivity contribution is -0.121. The molecule has 0 bridgehead atoms. The van der Waals surface area contributed by atoms with E-state index in [0.29, 0.717) is 24.4 Å². The maximum atomic E-state index is 12.0. The van der Waals surface area contributed by atoms with Crippen LogP contribution in [-0.2, 0) is 17.8 Å². The molecule has 0 spiro atoms. The normalized spacial score (nSPS) is 10.5. The van der Waals surface area contributed by atoms with Gasteiger partial charge < -0.3 is 9.73 Å². The summed E-state index contributed by atoms with van der Waals surface area (Å²) >= 11 is 5.94. The van der Waals surface area contributed by atoms with Gasteiger partial charge >= 0.3 is 0 Å². The first kappa shape index (κ1) is 16.3. The summed E-state index contributed by atoms with van der Waals surface area (Å²) in [4.78, 5) is 16.3. The number of halogens is 1. The van der Waals surface area contributed by atoms with Crippen molar-refractivity contribution in [2.24, 2.45) is 0 Å². The fourth-order valence-corrected chi connectivity index (χ4v) is 2.56. The summed E-state index contributed by atoms with van der Waals surface area (Å²) in [6.45, 7) is 0.465. The van der Waals surface area contributed by atoms with E-state index in [9.17, 15) is 4.79 Å². The fraction of sp³-hybridized carbons (Fsp3) is 0.158. The van der Waals surface area contributed by atoms with Crippen LogP contribution in [-0.4, -0.2) is 10.9 Å². The summed E-state index contributed by atoms with van der Waals surface area (Å²) in [6, 6.07) is 13.3. The summed E-state index contributed by atoms with van der Waals surface area (Å²) in [5, 5.41) is 3.60. The van der Waals surface area contributed by atoms with Crippen molar-refractivity contribution in [3.8, 4) is 11.3 Å². The van der Waals surface area contributed by atoms with Gasteiger partial charge in [0.05, 0.1) is 18.2 Å². The SMILES string of the molecule is O=C(CCc1cccc(Cl)c1)NCc1ccc(-c2ccoc2)nc1. The molecule has 0 saturated carbocycles. The number of carbonyl (C=O) groups excluding carboxylic acids is 1. The summed E-state index contributed by atoms with van der Waals surface area (Å²) in [7, 11) is 0. The molecule has 3 aromatic rings. The number of benzene rings is 1. The van der Waals surface area contributed by atoms with Crippen molar-refractivity contribution in [3.63, 3.8) is 0 Å². The lowest BCUT2D eigenvalue weighted by Crippen LogP contribution is -2.23. The highest BCUT2D eigenvalue weighted by Crippen LogP contribution is 2.17. The molecule has 0 aliphatic rings. The third kappa shape index (κ3) is 4.46. The molecule has 0 atom stereocenters. The molecule has 2 heterocycles. The summed E-state index contributed by atoms with van der Waals surface area (Å²) in [5.74, 6) is 0.00823. The molecule has 0 aliphatic carbocycles. The van der Waals surface area contributed by atoms with Gasteiger partial charge in [0.15, 0.2) is 0 Å². The van der Waals surface area contributed by atoms with Crippen LogP contribution in [0.4, 0.5) is 0 Å². The monoisotopic (exact) mass is 340 g/mol. The van der Waals surface area contributed by atoms with E-state index in [1.165, 1.54) is 0 Å². The van der Waals surface area contributed by atoms with E-state index in [4.69, 9.17) is 16.0 Å². The van der Waals surface area contributed by atoms with Crippen LogP contribution in [0.3, 0.4) is 0 Å². The number of pyridine rings is 1. The van der Waals surface area contributed by atoms with Crippen molar-refractivity contribution < 1.29 is 9.21 Å². The highest BCUT2D eigenvalue weighted by Gasteiger charge is 2.04. The van der Waals surface area contributed by atoms with Gasteiger partial charge in [-0.05, 0) is 41.8 Å². The number of aryl methyl sites for hydroxylation is 1. The highest BCUT2D eigenvalue weighted by atomic mass is 35.5. The van der Waals surface area contributed by atoms with Crippen molar-refractivity contribution in [3.05, 3.63) is 77.3 Å². The Labute approximate surface area is 145 Å². The summed E-state index contributed by atoms with van der Waals surface area (Å²) < 4.78 is 5.04. The third-order valence-electron chi connectivity index (χ3n) is 3.66. The van der Waals surface area contributed by atoms with E-state index in [1.807, 2.05) is 42.5 Å². The van der Waals surface area contributed by atoms with Crippen LogP contribution in [0.2, 0.25) is 5.02 Å². The zero-order chi connectivity index (χ0) is 16.8. The Morgan fingerprint density at radius 1 is 1.17 bits per heavy atom. The van der Waals surface area contributed by atoms with Crippen molar-refractivity contribution in [1.29, 1.82) is 0 Å². The first-order chi connectivity index (χ1) is 11.7. The smallest absolute Gasteiger partial charge is 0.220 e. The number of aromatic nitrogens is 1. The molecule has 24 heavy (non-hydrogen) atoms. The minimum atomic E-state index is 0.00823. The molecule has 0 fully saturated rings. The summed E-state index contributed by atoms with van der Waals surface area (Å²) in [5.41, 5.74) is 3.80. The highest BCUT2D eigenvalue weighted by molar-refractivity contribution is 6.30. The molecule has 122 valence electrons. The molecule has 0 saturated heterocycles. The molecule has 4 nitrogen and oxygen atoms in total. The second-order valence-electron chi connectivity index (χ2n) is 5.47. The molecule has 2 aromatic heterocycles. The Hall–Kier alpha value is -2.59. The van der Waals surface area contributed by atoms with Crippen LogP contribution in [0.5, 0.6) is 0 Å². The van der Waals surface area contributed by atoms with Crippen molar-refractivity contribution >= 4 is 17.5 Å². The van der Waals surface area contributed by atoms with Crippen LogP contribution < -0.4 is 5.32 Å². The minimum absolute atomic E-state index is 0.00823. The molecular weight excluding hydrogens is 324 g/mol. The third-order valence-corrected chi connectivity index (χ3v) is 3.90. The number of hydrogen-bond acceptors (Lipinski definition) is 3. The van der Waals surface area contributed by atoms with E-state index in [-0.39, 0.29) is 5.91 Å². The van der Waals surface area contributed by atoms with Gasteiger partial charge in [0.1, 0.15) is 0 Å². The number of rotatable bonds is 6. The number of nitrogens with one attached hydrogen (secondary N) is 1. The van der Waals surface area contributed by atoms with Crippen LogP contribution in [0.25, 0.3) is 11.3 Å². The van der Waals surface area contributed by atoms with E-state index in [0.717, 1.165) is 22.4 Å². The largest absolute Gasteiger partial charge is 0.472 e. The van der Waals surface area contributed by atoms with E-state index < -0.39 is 0 Å². The lowest BCUT2D eigenvalue weighted by atomic mass is 10.1. The van der Waals surface area contributed by atoms with Gasteiger partial charge in [0.2, 0.25) is 5.91 Å². The molecule has 1 aromatic carbocycles. The van der Waals surface area contributed by atoms with E-state index >= 15 is 0 Å². The molecule has 0 unspecified atom stereocenters. The number of amides is 1. The van der Waals surface area contributed by atoms with Crippen LogP contribution in [0, 0.1) is 0 Å². The topological polar surface area (TPSA) is 55.1 Å². The fourth-order valence-electron chi connectivity index (χ4n) is 2.35. The van der Waals surface area contributed by atoms with Crippen LogP contribution in [0.1, 0.15) is 17.5 Å². The Kier molecular flexibility index (Phi) is 5.29. The van der Waals surface area contributed by atoms with Gasteiger partial charge in [-0.25, -0.2) is 0 Å². The molecule has 0 radical (unpaired) electrons. The predicted octanol–water partition coefficient (Wildman–Crippen LogP) is 4.24. The molecular formula is C19H17ClN2O2. The first-order valence-electron chi connectivity index (χ1n) is 7.69. The molecule has 5 heteroatoms. The van der Waals surface area contributed by atoms with Gasteiger partial charge in [0, 0.05) is 29.7 Å². The average Bonchev–Trinajstić information content (AvgIpc) is 3.13. The number of nitrogens with zero attached hydrogens (tertiary/aromatic N) is 1. The predicted molar refractivity (Wildman–Crippen MR) is 93.6 cm³/mol. The van der Waals surface area contributed by atoms with Gasteiger partial charge in [-0.3, -0.25) is 9.78 Å². The molecule has 0 aliphatic heterocycles. The Morgan fingerprint density at radius 2 is 2.08 bits per heavy atom. The van der Waals surface area contributed by atoms with Gasteiger partial charge in [0.25, 0.3) is 0 Å². The van der Waals surface area contributed by atoms with Gasteiger partial charge in [-0.15, -0.1) is 0 Å². The maximum absolute atomic E-state index is 12.0. The zero-order valence-electron chi connectivity index (χ0n) is 13.0. The molecule has 1 amide bonds. The molecule has 1 N–H and O–H groups in total. The average molecular weight is 341 g/mol. The maximum Gasteiger partial charge on any atom is 0.220 e. The Morgan fingerprint density at radius 3 is 2.79 bits per heavy atom. The van der Waals surface area contributed by atoms with Crippen molar-refractivity contribution in [2.45, 2.75) is 19.4 Å². The molecule has 3 rings (SSSR count). The first-order valence-corrected chi connectivity index (χ1v) is 8.07. The number of furan rings is 1. The van der Waals surface area contributed by atoms with E-state index in [2.05, 4.69) is 10.3 Å². The number of hydrogen-bond donors (Lipinski definition) is 1. The second-order valence-corrected chi connectivity index (χ2v) is 5.91. The van der Waals surface area contributed by atoms with Crippen LogP contribution in [0.15, 0.2) is 65.6 Å². The van der Waals surface area contributed by atoms with Crippen LogP contribution >= 0.6 is 11.6 Å². The van der Waals surface area contributed by atoms with E-state index in [1.54, 1.807) is 18.7 Å². The van der Waals surface area contributed by atoms with Gasteiger partial charge in [-0.1, -0.05) is 29.8 Å². The minimum Gasteiger partial charge on any atom is -0.472 e.